The van der Waals surface area contributed by atoms with Gasteiger partial charge in [0.25, 0.3) is 5.91 Å². The Morgan fingerprint density at radius 2 is 2.11 bits per heavy atom. The summed E-state index contributed by atoms with van der Waals surface area (Å²) in [5, 5.41) is 3.11. The molecular formula is C9H17N5O3S2. The Kier molecular flexibility index (Phi) is 5.09. The maximum Gasteiger partial charge on any atom is 0.265 e. The van der Waals surface area contributed by atoms with Gasteiger partial charge in [-0.05, 0) is 7.05 Å². The van der Waals surface area contributed by atoms with E-state index in [0.717, 1.165) is 11.3 Å². The number of rotatable bonds is 6. The summed E-state index contributed by atoms with van der Waals surface area (Å²) < 4.78 is 24.5. The van der Waals surface area contributed by atoms with Gasteiger partial charge < -0.3 is 16.0 Å². The van der Waals surface area contributed by atoms with E-state index in [1.165, 1.54) is 7.05 Å². The number of hydrogen-bond donors (Lipinski definition) is 3. The largest absolute Gasteiger partial charge is 0.382 e. The number of thiazole rings is 1. The Bertz CT molecular complexity index is 552. The fraction of sp³-hybridized carbons (Fsp3) is 0.556. The van der Waals surface area contributed by atoms with Crippen molar-refractivity contribution in [2.75, 3.05) is 44.1 Å². The number of hydrogen-bond acceptors (Lipinski definition) is 7. The van der Waals surface area contributed by atoms with Crippen molar-refractivity contribution in [2.24, 2.45) is 0 Å². The highest BCUT2D eigenvalue weighted by molar-refractivity contribution is 7.89. The molecule has 0 spiro atoms. The maximum atomic E-state index is 11.8. The summed E-state index contributed by atoms with van der Waals surface area (Å²) in [6, 6.07) is 0. The number of anilines is 2. The molecule has 19 heavy (non-hydrogen) atoms. The van der Waals surface area contributed by atoms with Gasteiger partial charge in [0.05, 0.1) is 5.75 Å². The summed E-state index contributed by atoms with van der Waals surface area (Å²) in [6.45, 7) is 0.0106. The SMILES string of the molecule is CNS(=O)(=O)CCNC(=O)c1sc(N(C)C)nc1N. The van der Waals surface area contributed by atoms with Crippen LogP contribution in [0.2, 0.25) is 0 Å². The number of carbonyl (C=O) groups excluding carboxylic acids is 1. The molecule has 4 N–H and O–H groups in total. The maximum absolute atomic E-state index is 11.8. The first kappa shape index (κ1) is 15.7. The first-order valence-corrected chi connectivity index (χ1v) is 7.86. The van der Waals surface area contributed by atoms with Gasteiger partial charge in [-0.25, -0.2) is 18.1 Å². The normalized spacial score (nSPS) is 11.3. The Hall–Kier alpha value is -1.39. The summed E-state index contributed by atoms with van der Waals surface area (Å²) in [4.78, 5) is 17.9. The van der Waals surface area contributed by atoms with E-state index in [1.807, 2.05) is 0 Å². The lowest BCUT2D eigenvalue weighted by atomic mass is 10.4. The van der Waals surface area contributed by atoms with Crippen molar-refractivity contribution in [3.63, 3.8) is 0 Å². The minimum atomic E-state index is -3.33. The van der Waals surface area contributed by atoms with Gasteiger partial charge in [0, 0.05) is 20.6 Å². The third kappa shape index (κ3) is 4.33. The predicted molar refractivity (Wildman–Crippen MR) is 76.0 cm³/mol. The molecule has 108 valence electrons. The molecule has 0 saturated heterocycles. The van der Waals surface area contributed by atoms with E-state index in [2.05, 4.69) is 15.0 Å². The number of nitrogens with zero attached hydrogens (tertiary/aromatic N) is 2. The summed E-state index contributed by atoms with van der Waals surface area (Å²) in [6.07, 6.45) is 0. The first-order chi connectivity index (χ1) is 8.76. The van der Waals surface area contributed by atoms with Gasteiger partial charge >= 0.3 is 0 Å². The molecule has 10 heteroatoms. The molecule has 1 amide bonds. The number of sulfonamides is 1. The number of nitrogen functional groups attached to an aromatic ring is 1. The molecule has 0 aliphatic heterocycles. The van der Waals surface area contributed by atoms with E-state index in [4.69, 9.17) is 5.73 Å². The van der Waals surface area contributed by atoms with Gasteiger partial charge in [-0.1, -0.05) is 11.3 Å². The molecule has 0 aliphatic carbocycles. The fourth-order valence-electron chi connectivity index (χ4n) is 1.16. The van der Waals surface area contributed by atoms with E-state index in [1.54, 1.807) is 19.0 Å². The van der Waals surface area contributed by atoms with Crippen LogP contribution in [0.25, 0.3) is 0 Å². The van der Waals surface area contributed by atoms with Crippen LogP contribution < -0.4 is 20.7 Å². The molecule has 1 rings (SSSR count). The van der Waals surface area contributed by atoms with Crippen molar-refractivity contribution in [1.82, 2.24) is 15.0 Å². The minimum Gasteiger partial charge on any atom is -0.382 e. The van der Waals surface area contributed by atoms with E-state index in [-0.39, 0.29) is 23.0 Å². The standard InChI is InChI=1S/C9H17N5O3S2/c1-11-19(16,17)5-4-12-8(15)6-7(10)13-9(18-6)14(2)3/h11H,4-5,10H2,1-3H3,(H,12,15). The number of nitrogens with one attached hydrogen (secondary N) is 2. The van der Waals surface area contributed by atoms with E-state index in [9.17, 15) is 13.2 Å². The van der Waals surface area contributed by atoms with Crippen molar-refractivity contribution in [3.05, 3.63) is 4.88 Å². The van der Waals surface area contributed by atoms with Crippen molar-refractivity contribution >= 4 is 38.2 Å². The van der Waals surface area contributed by atoms with Gasteiger partial charge in [-0.3, -0.25) is 4.79 Å². The molecule has 1 aromatic heterocycles. The van der Waals surface area contributed by atoms with Gasteiger partial charge in [0.2, 0.25) is 10.0 Å². The second-order valence-electron chi connectivity index (χ2n) is 3.88. The van der Waals surface area contributed by atoms with Crippen LogP contribution >= 0.6 is 11.3 Å². The second-order valence-corrected chi connectivity index (χ2v) is 6.91. The number of amides is 1. The topological polar surface area (TPSA) is 117 Å². The van der Waals surface area contributed by atoms with Crippen LogP contribution in [0.3, 0.4) is 0 Å². The molecule has 0 bridgehead atoms. The molecule has 0 radical (unpaired) electrons. The number of carbonyl (C=O) groups is 1. The van der Waals surface area contributed by atoms with Gasteiger partial charge in [0.15, 0.2) is 5.13 Å². The van der Waals surface area contributed by atoms with Crippen LogP contribution in [-0.4, -0.2) is 52.7 Å². The molecular weight excluding hydrogens is 290 g/mol. The zero-order chi connectivity index (χ0) is 14.6. The molecule has 0 saturated carbocycles. The summed E-state index contributed by atoms with van der Waals surface area (Å²) in [5.74, 6) is -0.467. The minimum absolute atomic E-state index is 0.0106. The van der Waals surface area contributed by atoms with E-state index in [0.29, 0.717) is 5.13 Å². The van der Waals surface area contributed by atoms with E-state index >= 15 is 0 Å². The smallest absolute Gasteiger partial charge is 0.265 e. The molecule has 8 nitrogen and oxygen atoms in total. The van der Waals surface area contributed by atoms with Crippen LogP contribution in [0.15, 0.2) is 0 Å². The van der Waals surface area contributed by atoms with Crippen LogP contribution in [0.5, 0.6) is 0 Å². The molecule has 0 fully saturated rings. The Morgan fingerprint density at radius 1 is 1.47 bits per heavy atom. The average molecular weight is 307 g/mol. The van der Waals surface area contributed by atoms with Gasteiger partial charge in [-0.2, -0.15) is 0 Å². The lowest BCUT2D eigenvalue weighted by molar-refractivity contribution is 0.0961. The number of nitrogens with two attached hydrogens (primary N) is 1. The Labute approximate surface area is 116 Å². The van der Waals surface area contributed by atoms with Crippen molar-refractivity contribution in [3.8, 4) is 0 Å². The van der Waals surface area contributed by atoms with Crippen LogP contribution in [0, 0.1) is 0 Å². The van der Waals surface area contributed by atoms with Crippen molar-refractivity contribution < 1.29 is 13.2 Å². The van der Waals surface area contributed by atoms with Crippen LogP contribution in [0.4, 0.5) is 10.9 Å². The summed E-state index contributed by atoms with van der Waals surface area (Å²) >= 11 is 1.15. The third-order valence-electron chi connectivity index (χ3n) is 2.20. The predicted octanol–water partition coefficient (Wildman–Crippen LogP) is -0.930. The zero-order valence-electron chi connectivity index (χ0n) is 10.9. The van der Waals surface area contributed by atoms with Crippen LogP contribution in [-0.2, 0) is 10.0 Å². The Morgan fingerprint density at radius 3 is 2.58 bits per heavy atom. The average Bonchev–Trinajstić information content (AvgIpc) is 2.71. The van der Waals surface area contributed by atoms with Crippen LogP contribution in [0.1, 0.15) is 9.67 Å². The highest BCUT2D eigenvalue weighted by Crippen LogP contribution is 2.26. The van der Waals surface area contributed by atoms with E-state index < -0.39 is 15.9 Å². The highest BCUT2D eigenvalue weighted by atomic mass is 32.2. The molecule has 0 aromatic carbocycles. The lowest BCUT2D eigenvalue weighted by Gasteiger charge is -2.05. The molecule has 1 aromatic rings. The molecule has 0 aliphatic rings. The molecule has 0 unspecified atom stereocenters. The van der Waals surface area contributed by atoms with Gasteiger partial charge in [0.1, 0.15) is 10.7 Å². The summed E-state index contributed by atoms with van der Waals surface area (Å²) in [7, 11) is 1.57. The lowest BCUT2D eigenvalue weighted by Crippen LogP contribution is -2.32. The molecule has 1 heterocycles. The summed E-state index contributed by atoms with van der Waals surface area (Å²) in [5.41, 5.74) is 5.64. The molecule has 0 atom stereocenters. The quantitative estimate of drug-likeness (QED) is 0.625. The Balaban J connectivity index is 2.64. The first-order valence-electron chi connectivity index (χ1n) is 5.40. The number of aromatic nitrogens is 1. The zero-order valence-corrected chi connectivity index (χ0v) is 12.6. The van der Waals surface area contributed by atoms with Gasteiger partial charge in [-0.15, -0.1) is 0 Å². The second kappa shape index (κ2) is 6.17. The monoisotopic (exact) mass is 307 g/mol. The van der Waals surface area contributed by atoms with Crippen molar-refractivity contribution in [2.45, 2.75) is 0 Å². The van der Waals surface area contributed by atoms with Crippen molar-refractivity contribution in [1.29, 1.82) is 0 Å². The highest BCUT2D eigenvalue weighted by Gasteiger charge is 2.17. The fourth-order valence-corrected chi connectivity index (χ4v) is 2.55. The third-order valence-corrected chi connectivity index (χ3v) is 4.80.